The molecular weight excluding hydrogens is 289 g/mol. The van der Waals surface area contributed by atoms with Crippen molar-refractivity contribution >= 4 is 23.1 Å². The molecule has 0 fully saturated rings. The molecule has 0 aliphatic heterocycles. The van der Waals surface area contributed by atoms with Gasteiger partial charge >= 0.3 is 0 Å². The molecule has 2 aromatic heterocycles. The lowest BCUT2D eigenvalue weighted by molar-refractivity contribution is 0.0792. The molecule has 0 aliphatic carbocycles. The van der Waals surface area contributed by atoms with Gasteiger partial charge in [0.15, 0.2) is 11.6 Å². The largest absolute Gasteiger partial charge is 0.368 e. The highest BCUT2D eigenvalue weighted by Crippen LogP contribution is 2.17. The van der Waals surface area contributed by atoms with Gasteiger partial charge in [-0.3, -0.25) is 4.79 Å². The van der Waals surface area contributed by atoms with E-state index in [9.17, 15) is 9.18 Å². The average Bonchev–Trinajstić information content (AvgIpc) is 3.00. The van der Waals surface area contributed by atoms with Crippen LogP contribution in [0.3, 0.4) is 0 Å². The maximum Gasteiger partial charge on any atom is 0.256 e. The van der Waals surface area contributed by atoms with E-state index in [1.54, 1.807) is 18.4 Å². The van der Waals surface area contributed by atoms with Gasteiger partial charge in [0.1, 0.15) is 0 Å². The minimum absolute atomic E-state index is 0.0506. The normalized spacial score (nSPS) is 10.4. The summed E-state index contributed by atoms with van der Waals surface area (Å²) in [4.78, 5) is 19.0. The number of hydrogen-bond donors (Lipinski definition) is 1. The minimum Gasteiger partial charge on any atom is -0.368 e. The van der Waals surface area contributed by atoms with E-state index in [0.29, 0.717) is 13.1 Å². The van der Waals surface area contributed by atoms with Crippen LogP contribution in [0.4, 0.5) is 10.2 Å². The first-order valence-corrected chi connectivity index (χ1v) is 7.67. The SMILES string of the molecule is CCNc1nccc(C(=O)N(C)CCc2cccs2)c1F. The zero-order valence-corrected chi connectivity index (χ0v) is 12.9. The maximum absolute atomic E-state index is 14.2. The van der Waals surface area contributed by atoms with E-state index in [1.807, 2.05) is 24.4 Å². The van der Waals surface area contributed by atoms with Gasteiger partial charge < -0.3 is 10.2 Å². The second-order valence-electron chi connectivity index (χ2n) is 4.61. The molecule has 0 radical (unpaired) electrons. The number of carbonyl (C=O) groups is 1. The molecule has 1 amide bonds. The van der Waals surface area contributed by atoms with Crippen LogP contribution in [0.5, 0.6) is 0 Å². The molecule has 6 heteroatoms. The van der Waals surface area contributed by atoms with Crippen LogP contribution in [0.25, 0.3) is 0 Å². The number of carbonyl (C=O) groups excluding carboxylic acids is 1. The number of thiophene rings is 1. The van der Waals surface area contributed by atoms with Crippen LogP contribution < -0.4 is 5.32 Å². The monoisotopic (exact) mass is 307 g/mol. The van der Waals surface area contributed by atoms with Gasteiger partial charge in [-0.1, -0.05) is 6.07 Å². The summed E-state index contributed by atoms with van der Waals surface area (Å²) in [6.45, 7) is 2.95. The van der Waals surface area contributed by atoms with Crippen molar-refractivity contribution in [3.05, 3.63) is 46.0 Å². The highest BCUT2D eigenvalue weighted by molar-refractivity contribution is 7.09. The van der Waals surface area contributed by atoms with Gasteiger partial charge in [0.25, 0.3) is 5.91 Å². The van der Waals surface area contributed by atoms with Crippen LogP contribution in [-0.2, 0) is 6.42 Å². The summed E-state index contributed by atoms with van der Waals surface area (Å²) in [7, 11) is 1.68. The van der Waals surface area contributed by atoms with Crippen LogP contribution in [0.2, 0.25) is 0 Å². The highest BCUT2D eigenvalue weighted by Gasteiger charge is 2.19. The number of aromatic nitrogens is 1. The highest BCUT2D eigenvalue weighted by atomic mass is 32.1. The lowest BCUT2D eigenvalue weighted by Crippen LogP contribution is -2.29. The molecule has 0 bridgehead atoms. The van der Waals surface area contributed by atoms with Crippen LogP contribution >= 0.6 is 11.3 Å². The van der Waals surface area contributed by atoms with Crippen molar-refractivity contribution in [2.45, 2.75) is 13.3 Å². The molecule has 21 heavy (non-hydrogen) atoms. The third kappa shape index (κ3) is 3.78. The predicted molar refractivity (Wildman–Crippen MR) is 83.3 cm³/mol. The van der Waals surface area contributed by atoms with Crippen molar-refractivity contribution in [1.29, 1.82) is 0 Å². The minimum atomic E-state index is -0.590. The van der Waals surface area contributed by atoms with E-state index in [2.05, 4.69) is 10.3 Å². The van der Waals surface area contributed by atoms with Gasteiger partial charge in [0, 0.05) is 31.2 Å². The zero-order chi connectivity index (χ0) is 15.2. The average molecular weight is 307 g/mol. The van der Waals surface area contributed by atoms with Gasteiger partial charge in [0.05, 0.1) is 5.56 Å². The molecule has 2 aromatic rings. The van der Waals surface area contributed by atoms with Gasteiger partial charge in [0.2, 0.25) is 0 Å². The molecule has 0 atom stereocenters. The molecule has 1 N–H and O–H groups in total. The summed E-state index contributed by atoms with van der Waals surface area (Å²) >= 11 is 1.65. The molecule has 0 spiro atoms. The fourth-order valence-corrected chi connectivity index (χ4v) is 2.64. The molecule has 2 heterocycles. The Kier molecular flexibility index (Phi) is 5.27. The number of nitrogens with zero attached hydrogens (tertiary/aromatic N) is 2. The molecule has 0 aromatic carbocycles. The maximum atomic E-state index is 14.2. The summed E-state index contributed by atoms with van der Waals surface area (Å²) in [5.74, 6) is -0.798. The summed E-state index contributed by atoms with van der Waals surface area (Å²) in [5, 5.41) is 4.81. The number of likely N-dealkylation sites (N-methyl/N-ethyl adjacent to an activating group) is 1. The van der Waals surface area contributed by atoms with Crippen molar-refractivity contribution in [2.24, 2.45) is 0 Å². The van der Waals surface area contributed by atoms with E-state index < -0.39 is 5.82 Å². The van der Waals surface area contributed by atoms with Crippen LogP contribution in [0.1, 0.15) is 22.2 Å². The summed E-state index contributed by atoms with van der Waals surface area (Å²) in [6.07, 6.45) is 2.22. The Hall–Kier alpha value is -1.95. The zero-order valence-electron chi connectivity index (χ0n) is 12.1. The second-order valence-corrected chi connectivity index (χ2v) is 5.64. The number of rotatable bonds is 6. The number of anilines is 1. The second kappa shape index (κ2) is 7.17. The van der Waals surface area contributed by atoms with E-state index in [-0.39, 0.29) is 17.3 Å². The Morgan fingerprint density at radius 1 is 1.48 bits per heavy atom. The molecule has 2 rings (SSSR count). The fraction of sp³-hybridized carbons (Fsp3) is 0.333. The quantitative estimate of drug-likeness (QED) is 0.892. The molecule has 0 unspecified atom stereocenters. The summed E-state index contributed by atoms with van der Waals surface area (Å²) in [5.41, 5.74) is 0.0506. The Labute approximate surface area is 127 Å². The molecule has 0 aliphatic rings. The van der Waals surface area contributed by atoms with Crippen molar-refractivity contribution < 1.29 is 9.18 Å². The number of nitrogens with one attached hydrogen (secondary N) is 1. The third-order valence-corrected chi connectivity index (χ3v) is 4.02. The van der Waals surface area contributed by atoms with Crippen LogP contribution in [0.15, 0.2) is 29.8 Å². The van der Waals surface area contributed by atoms with Crippen molar-refractivity contribution in [2.75, 3.05) is 25.5 Å². The topological polar surface area (TPSA) is 45.2 Å². The summed E-state index contributed by atoms with van der Waals surface area (Å²) < 4.78 is 14.2. The van der Waals surface area contributed by atoms with Crippen molar-refractivity contribution in [3.63, 3.8) is 0 Å². The number of hydrogen-bond acceptors (Lipinski definition) is 4. The first kappa shape index (κ1) is 15.4. The molecule has 4 nitrogen and oxygen atoms in total. The molecule has 112 valence electrons. The van der Waals surface area contributed by atoms with E-state index in [1.165, 1.54) is 22.0 Å². The Morgan fingerprint density at radius 3 is 2.95 bits per heavy atom. The lowest BCUT2D eigenvalue weighted by Gasteiger charge is -2.17. The first-order valence-electron chi connectivity index (χ1n) is 6.79. The van der Waals surface area contributed by atoms with Crippen molar-refractivity contribution in [1.82, 2.24) is 9.88 Å². The molecule has 0 saturated heterocycles. The predicted octanol–water partition coefficient (Wildman–Crippen LogP) is 3.03. The Bertz CT molecular complexity index is 601. The van der Waals surface area contributed by atoms with Gasteiger partial charge in [-0.15, -0.1) is 11.3 Å². The fourth-order valence-electron chi connectivity index (χ4n) is 1.94. The smallest absolute Gasteiger partial charge is 0.256 e. The number of pyridine rings is 1. The molecular formula is C15H18FN3OS. The molecule has 0 saturated carbocycles. The number of amides is 1. The lowest BCUT2D eigenvalue weighted by atomic mass is 10.2. The number of halogens is 1. The Balaban J connectivity index is 2.06. The van der Waals surface area contributed by atoms with E-state index >= 15 is 0 Å². The summed E-state index contributed by atoms with van der Waals surface area (Å²) in [6, 6.07) is 5.42. The third-order valence-electron chi connectivity index (χ3n) is 3.08. The van der Waals surface area contributed by atoms with E-state index in [0.717, 1.165) is 6.42 Å². The standard InChI is InChI=1S/C15H18FN3OS/c1-3-17-14-13(16)12(6-8-18-14)15(20)19(2)9-7-11-5-4-10-21-11/h4-6,8,10H,3,7,9H2,1-2H3,(H,17,18). The van der Waals surface area contributed by atoms with Crippen LogP contribution in [0, 0.1) is 5.82 Å². The van der Waals surface area contributed by atoms with Gasteiger partial charge in [-0.25, -0.2) is 9.37 Å². The first-order chi connectivity index (χ1) is 10.1. The van der Waals surface area contributed by atoms with Crippen LogP contribution in [-0.4, -0.2) is 35.9 Å². The van der Waals surface area contributed by atoms with Gasteiger partial charge in [-0.2, -0.15) is 0 Å². The van der Waals surface area contributed by atoms with Gasteiger partial charge in [-0.05, 0) is 30.9 Å². The Morgan fingerprint density at radius 2 is 2.29 bits per heavy atom. The van der Waals surface area contributed by atoms with E-state index in [4.69, 9.17) is 0 Å². The van der Waals surface area contributed by atoms with Crippen molar-refractivity contribution in [3.8, 4) is 0 Å².